The lowest BCUT2D eigenvalue weighted by atomic mass is 10.1. The quantitative estimate of drug-likeness (QED) is 0.250. The summed E-state index contributed by atoms with van der Waals surface area (Å²) < 4.78 is 11.2. The van der Waals surface area contributed by atoms with Gasteiger partial charge in [-0.15, -0.1) is 12.4 Å². The monoisotopic (exact) mass is 529 g/mol. The van der Waals surface area contributed by atoms with Gasteiger partial charge in [-0.2, -0.15) is 4.98 Å². The summed E-state index contributed by atoms with van der Waals surface area (Å²) >= 11 is 6.40. The first-order chi connectivity index (χ1) is 16.9. The number of para-hydroxylation sites is 1. The fraction of sp³-hybridized carbons (Fsp3) is 0.120. The number of carbonyl (C=O) groups is 2. The third kappa shape index (κ3) is 6.82. The van der Waals surface area contributed by atoms with Crippen LogP contribution in [0.2, 0.25) is 5.02 Å². The van der Waals surface area contributed by atoms with E-state index in [1.807, 2.05) is 42.5 Å². The van der Waals surface area contributed by atoms with Gasteiger partial charge in [0.1, 0.15) is 17.5 Å². The predicted octanol–water partition coefficient (Wildman–Crippen LogP) is 5.29. The number of nitrogens with zero attached hydrogens (tertiary/aromatic N) is 2. The highest BCUT2D eigenvalue weighted by molar-refractivity contribution is 6.33. The number of aliphatic carboxylic acids is 2. The van der Waals surface area contributed by atoms with E-state index in [-0.39, 0.29) is 19.0 Å². The molecule has 0 fully saturated rings. The summed E-state index contributed by atoms with van der Waals surface area (Å²) in [7, 11) is 0. The molecule has 0 aliphatic rings. The summed E-state index contributed by atoms with van der Waals surface area (Å²) in [4.78, 5) is 26.4. The zero-order chi connectivity index (χ0) is 24.8. The van der Waals surface area contributed by atoms with E-state index in [1.54, 1.807) is 30.3 Å². The summed E-state index contributed by atoms with van der Waals surface area (Å²) in [5.41, 5.74) is 1.92. The van der Waals surface area contributed by atoms with Crippen LogP contribution in [0.15, 0.2) is 77.3 Å². The first-order valence-corrected chi connectivity index (χ1v) is 10.9. The Balaban J connectivity index is 0.00000361. The molecule has 0 aliphatic carbocycles. The Morgan fingerprint density at radius 1 is 1.00 bits per heavy atom. The van der Waals surface area contributed by atoms with Gasteiger partial charge in [-0.25, -0.2) is 0 Å². The number of hydrogen-bond donors (Lipinski definition) is 3. The van der Waals surface area contributed by atoms with E-state index in [4.69, 9.17) is 31.1 Å². The van der Waals surface area contributed by atoms with Crippen LogP contribution in [0.25, 0.3) is 22.8 Å². The van der Waals surface area contributed by atoms with Gasteiger partial charge in [0.05, 0.1) is 11.4 Å². The largest absolute Gasteiger partial charge is 0.481 e. The van der Waals surface area contributed by atoms with Gasteiger partial charge in [-0.1, -0.05) is 41.0 Å². The third-order valence-electron chi connectivity index (χ3n) is 5.01. The number of aromatic nitrogens is 2. The Hall–Kier alpha value is -3.92. The number of halogens is 2. The van der Waals surface area contributed by atoms with Crippen molar-refractivity contribution >= 4 is 35.9 Å². The lowest BCUT2D eigenvalue weighted by molar-refractivity contribution is -0.146. The van der Waals surface area contributed by atoms with E-state index >= 15 is 0 Å². The lowest BCUT2D eigenvalue weighted by Crippen LogP contribution is -2.38. The van der Waals surface area contributed by atoms with Crippen LogP contribution >= 0.6 is 24.0 Å². The molecule has 0 radical (unpaired) electrons. The molecule has 0 bridgehead atoms. The molecule has 9 nitrogen and oxygen atoms in total. The van der Waals surface area contributed by atoms with Crippen LogP contribution in [0.4, 0.5) is 0 Å². The Labute approximate surface area is 217 Å². The van der Waals surface area contributed by atoms with Crippen LogP contribution in [-0.2, 0) is 16.1 Å². The Kier molecular flexibility index (Phi) is 9.02. The molecule has 36 heavy (non-hydrogen) atoms. The molecule has 1 heterocycles. The number of rotatable bonds is 10. The lowest BCUT2D eigenvalue weighted by Gasteiger charge is -2.12. The number of hydrogen-bond acceptors (Lipinski definition) is 7. The minimum absolute atomic E-state index is 0. The number of nitrogens with one attached hydrogen (secondary N) is 1. The van der Waals surface area contributed by atoms with Crippen LogP contribution in [-0.4, -0.2) is 38.3 Å². The topological polar surface area (TPSA) is 135 Å². The maximum atomic E-state index is 11.2. The van der Waals surface area contributed by atoms with E-state index in [2.05, 4.69) is 15.5 Å². The van der Waals surface area contributed by atoms with E-state index in [0.29, 0.717) is 39.2 Å². The Morgan fingerprint density at radius 3 is 2.33 bits per heavy atom. The third-order valence-corrected chi connectivity index (χ3v) is 5.32. The van der Waals surface area contributed by atoms with E-state index in [1.165, 1.54) is 0 Å². The Bertz CT molecular complexity index is 1330. The van der Waals surface area contributed by atoms with Gasteiger partial charge in [-0.05, 0) is 54.1 Å². The zero-order valence-electron chi connectivity index (χ0n) is 18.6. The number of carboxylic acid groups (broad SMARTS) is 2. The molecule has 3 aromatic carbocycles. The first kappa shape index (κ1) is 26.7. The molecule has 0 spiro atoms. The second-order valence-corrected chi connectivity index (χ2v) is 7.95. The molecule has 0 amide bonds. The molecule has 4 aromatic rings. The molecule has 0 aliphatic heterocycles. The summed E-state index contributed by atoms with van der Waals surface area (Å²) in [6.45, 7) is 0.124. The van der Waals surface area contributed by atoms with Gasteiger partial charge in [0.25, 0.3) is 5.89 Å². The summed E-state index contributed by atoms with van der Waals surface area (Å²) in [5.74, 6) is -0.442. The SMILES string of the molecule is Cl.O=C(O)CC(NCc1ccc(-c2noc(-c3ccc(Oc4ccccc4)cc3)n2)c(Cl)c1)C(=O)O. The molecule has 3 N–H and O–H groups in total. The predicted molar refractivity (Wildman–Crippen MR) is 134 cm³/mol. The van der Waals surface area contributed by atoms with E-state index in [9.17, 15) is 9.59 Å². The minimum Gasteiger partial charge on any atom is -0.481 e. The number of ether oxygens (including phenoxy) is 1. The molecule has 186 valence electrons. The highest BCUT2D eigenvalue weighted by Crippen LogP contribution is 2.30. The molecule has 0 saturated heterocycles. The fourth-order valence-corrected chi connectivity index (χ4v) is 3.54. The van der Waals surface area contributed by atoms with Crippen molar-refractivity contribution in [3.8, 4) is 34.3 Å². The molecule has 1 unspecified atom stereocenters. The van der Waals surface area contributed by atoms with Crippen LogP contribution < -0.4 is 10.1 Å². The normalized spacial score (nSPS) is 11.4. The van der Waals surface area contributed by atoms with Crippen molar-refractivity contribution in [1.82, 2.24) is 15.5 Å². The van der Waals surface area contributed by atoms with Crippen molar-refractivity contribution < 1.29 is 29.1 Å². The maximum absolute atomic E-state index is 11.2. The number of carboxylic acids is 2. The van der Waals surface area contributed by atoms with Crippen molar-refractivity contribution in [2.24, 2.45) is 0 Å². The number of benzene rings is 3. The van der Waals surface area contributed by atoms with Gasteiger partial charge < -0.3 is 19.5 Å². The van der Waals surface area contributed by atoms with Crippen molar-refractivity contribution in [3.05, 3.63) is 83.4 Å². The van der Waals surface area contributed by atoms with Crippen molar-refractivity contribution in [2.75, 3.05) is 0 Å². The second kappa shape index (κ2) is 12.2. The fourth-order valence-electron chi connectivity index (χ4n) is 3.25. The summed E-state index contributed by atoms with van der Waals surface area (Å²) in [6, 6.07) is 20.5. The standard InChI is InChI=1S/C25H20ClN3O6.ClH/c26-20-12-15(14-27-21(25(32)33)13-22(30)31)6-11-19(20)23-28-24(35-29-23)16-7-9-18(10-8-16)34-17-4-2-1-3-5-17;/h1-12,21,27H,13-14H2,(H,30,31)(H,32,33);1H. The van der Waals surface area contributed by atoms with E-state index < -0.39 is 24.4 Å². The van der Waals surface area contributed by atoms with Crippen molar-refractivity contribution in [3.63, 3.8) is 0 Å². The average Bonchev–Trinajstić information content (AvgIpc) is 3.32. The van der Waals surface area contributed by atoms with Crippen LogP contribution in [0, 0.1) is 0 Å². The van der Waals surface area contributed by atoms with Crippen LogP contribution in [0.1, 0.15) is 12.0 Å². The first-order valence-electron chi connectivity index (χ1n) is 10.5. The van der Waals surface area contributed by atoms with Crippen LogP contribution in [0.5, 0.6) is 11.5 Å². The molecular weight excluding hydrogens is 509 g/mol. The van der Waals surface area contributed by atoms with Crippen molar-refractivity contribution in [2.45, 2.75) is 19.0 Å². The molecule has 4 rings (SSSR count). The van der Waals surface area contributed by atoms with Gasteiger partial charge in [0, 0.05) is 17.7 Å². The summed E-state index contributed by atoms with van der Waals surface area (Å²) in [6.07, 6.45) is -0.536. The smallest absolute Gasteiger partial charge is 0.321 e. The van der Waals surface area contributed by atoms with Gasteiger partial charge >= 0.3 is 11.9 Å². The second-order valence-electron chi connectivity index (χ2n) is 7.55. The minimum atomic E-state index is -1.24. The van der Waals surface area contributed by atoms with E-state index in [0.717, 1.165) is 5.75 Å². The molecule has 11 heteroatoms. The Morgan fingerprint density at radius 2 is 1.69 bits per heavy atom. The van der Waals surface area contributed by atoms with Crippen LogP contribution in [0.3, 0.4) is 0 Å². The maximum Gasteiger partial charge on any atom is 0.321 e. The summed E-state index contributed by atoms with van der Waals surface area (Å²) in [5, 5.41) is 25.0. The molecule has 0 saturated carbocycles. The highest BCUT2D eigenvalue weighted by Gasteiger charge is 2.20. The molecule has 1 atom stereocenters. The average molecular weight is 530 g/mol. The zero-order valence-corrected chi connectivity index (χ0v) is 20.2. The van der Waals surface area contributed by atoms with Crippen molar-refractivity contribution in [1.29, 1.82) is 0 Å². The molecular formula is C25H21Cl2N3O6. The molecule has 1 aromatic heterocycles. The van der Waals surface area contributed by atoms with Gasteiger partial charge in [0.2, 0.25) is 5.82 Å². The van der Waals surface area contributed by atoms with Gasteiger partial charge in [-0.3, -0.25) is 14.9 Å². The highest BCUT2D eigenvalue weighted by atomic mass is 35.5. The van der Waals surface area contributed by atoms with Gasteiger partial charge in [0.15, 0.2) is 0 Å².